The van der Waals surface area contributed by atoms with Crippen molar-refractivity contribution in [3.05, 3.63) is 122 Å². The van der Waals surface area contributed by atoms with Crippen LogP contribution in [0.15, 0.2) is 122 Å². The van der Waals surface area contributed by atoms with E-state index in [1.807, 2.05) is 0 Å². The van der Waals surface area contributed by atoms with Gasteiger partial charge in [-0.05, 0) is 122 Å². The van der Waals surface area contributed by atoms with Gasteiger partial charge in [0.2, 0.25) is 0 Å². The van der Waals surface area contributed by atoms with Gasteiger partial charge in [0.05, 0.1) is 0 Å². The van der Waals surface area contributed by atoms with Gasteiger partial charge in [-0.15, -0.1) is 0 Å². The van der Waals surface area contributed by atoms with Crippen molar-refractivity contribution in [1.82, 2.24) is 0 Å². The summed E-state index contributed by atoms with van der Waals surface area (Å²) >= 11 is 0. The van der Waals surface area contributed by atoms with Gasteiger partial charge in [-0.2, -0.15) is 0 Å². The summed E-state index contributed by atoms with van der Waals surface area (Å²) in [5.74, 6) is -1.00. The van der Waals surface area contributed by atoms with Gasteiger partial charge in [0.25, 0.3) is 0 Å². The summed E-state index contributed by atoms with van der Waals surface area (Å²) < 4.78 is 16.7. The van der Waals surface area contributed by atoms with E-state index in [-0.39, 0.29) is 37.5 Å². The minimum atomic E-state index is -0.819. The first-order valence-corrected chi connectivity index (χ1v) is 25.0. The van der Waals surface area contributed by atoms with Gasteiger partial charge in [0, 0.05) is 19.3 Å². The monoisotopic (exact) mass is 871 g/mol. The number of carbonyl (C=O) groups excluding carboxylic acids is 3. The van der Waals surface area contributed by atoms with E-state index in [0.717, 1.165) is 128 Å². The van der Waals surface area contributed by atoms with Crippen LogP contribution in [0.25, 0.3) is 0 Å². The van der Waals surface area contributed by atoms with Crippen LogP contribution in [-0.2, 0) is 28.6 Å². The Morgan fingerprint density at radius 3 is 0.937 bits per heavy atom. The number of unbranched alkanes of at least 4 members (excludes halogenated alkanes) is 12. The summed E-state index contributed by atoms with van der Waals surface area (Å²) in [4.78, 5) is 37.9. The molecule has 6 nitrogen and oxygen atoms in total. The Kier molecular flexibility index (Phi) is 47.1. The third kappa shape index (κ3) is 48.7. The smallest absolute Gasteiger partial charge is 0.306 e. The Morgan fingerprint density at radius 1 is 0.317 bits per heavy atom. The minimum absolute atomic E-state index is 0.113. The van der Waals surface area contributed by atoms with E-state index in [4.69, 9.17) is 14.2 Å². The minimum Gasteiger partial charge on any atom is -0.462 e. The SMILES string of the molecule is CC/C=C\C/C=C\C/C=C\C/C=C\CCCCC(=O)OC(COC(=O)CCCCC/C=C\C/C=C\C/C=C\CC)COC(=O)CCCCCCCCC/C=C\C/C=C\C/C=C\CC. The maximum Gasteiger partial charge on any atom is 0.306 e. The van der Waals surface area contributed by atoms with E-state index in [9.17, 15) is 14.4 Å². The summed E-state index contributed by atoms with van der Waals surface area (Å²) in [5.41, 5.74) is 0. The average Bonchev–Trinajstić information content (AvgIpc) is 3.28. The molecule has 63 heavy (non-hydrogen) atoms. The Hall–Kier alpha value is -4.19. The van der Waals surface area contributed by atoms with Crippen LogP contribution >= 0.6 is 0 Å². The number of hydrogen-bond donors (Lipinski definition) is 0. The van der Waals surface area contributed by atoms with Gasteiger partial charge in [-0.3, -0.25) is 14.4 Å². The summed E-state index contributed by atoms with van der Waals surface area (Å²) in [7, 11) is 0. The van der Waals surface area contributed by atoms with Crippen molar-refractivity contribution < 1.29 is 28.6 Å². The molecule has 0 aliphatic carbocycles. The fraction of sp³-hybridized carbons (Fsp3) is 0.596. The lowest BCUT2D eigenvalue weighted by Crippen LogP contribution is -2.30. The van der Waals surface area contributed by atoms with Gasteiger partial charge in [-0.1, -0.05) is 181 Å². The van der Waals surface area contributed by atoms with Gasteiger partial charge in [0.1, 0.15) is 13.2 Å². The normalized spacial score (nSPS) is 13.1. The van der Waals surface area contributed by atoms with Crippen LogP contribution in [0.4, 0.5) is 0 Å². The Morgan fingerprint density at radius 2 is 0.571 bits per heavy atom. The lowest BCUT2D eigenvalue weighted by molar-refractivity contribution is -0.167. The molecule has 0 N–H and O–H groups in total. The molecule has 0 aromatic rings. The predicted octanol–water partition coefficient (Wildman–Crippen LogP) is 16.5. The molecule has 0 aromatic carbocycles. The highest BCUT2D eigenvalue weighted by atomic mass is 16.6. The Balaban J connectivity index is 4.52. The van der Waals surface area contributed by atoms with Gasteiger partial charge < -0.3 is 14.2 Å². The van der Waals surface area contributed by atoms with Crippen molar-refractivity contribution in [2.24, 2.45) is 0 Å². The van der Waals surface area contributed by atoms with Crippen molar-refractivity contribution in [3.63, 3.8) is 0 Å². The molecule has 0 fully saturated rings. The summed E-state index contributed by atoms with van der Waals surface area (Å²) in [6.07, 6.45) is 69.0. The van der Waals surface area contributed by atoms with Crippen LogP contribution in [0.1, 0.15) is 201 Å². The van der Waals surface area contributed by atoms with Gasteiger partial charge in [0.15, 0.2) is 6.10 Å². The van der Waals surface area contributed by atoms with Gasteiger partial charge >= 0.3 is 17.9 Å². The molecule has 0 aromatic heterocycles. The molecule has 0 saturated heterocycles. The van der Waals surface area contributed by atoms with E-state index in [2.05, 4.69) is 142 Å². The molecular formula is C57H90O6. The van der Waals surface area contributed by atoms with E-state index >= 15 is 0 Å². The molecule has 6 heteroatoms. The van der Waals surface area contributed by atoms with Crippen molar-refractivity contribution in [2.45, 2.75) is 207 Å². The van der Waals surface area contributed by atoms with Crippen molar-refractivity contribution in [1.29, 1.82) is 0 Å². The van der Waals surface area contributed by atoms with Crippen LogP contribution in [-0.4, -0.2) is 37.2 Å². The first-order chi connectivity index (χ1) is 31.0. The van der Waals surface area contributed by atoms with Crippen molar-refractivity contribution >= 4 is 17.9 Å². The van der Waals surface area contributed by atoms with E-state index in [0.29, 0.717) is 19.3 Å². The molecule has 0 aliphatic heterocycles. The first-order valence-electron chi connectivity index (χ1n) is 25.0. The van der Waals surface area contributed by atoms with Crippen molar-refractivity contribution in [2.75, 3.05) is 13.2 Å². The van der Waals surface area contributed by atoms with Crippen LogP contribution in [0, 0.1) is 0 Å². The molecule has 0 rings (SSSR count). The standard InChI is InChI=1S/C57H90O6/c1-4-7-10-13-16-19-22-25-27-28-30-32-35-38-41-44-47-50-56(59)62-53-54(52-61-55(58)49-46-43-40-37-34-31-24-21-18-15-12-9-6-3)63-57(60)51-48-45-42-39-36-33-29-26-23-20-17-14-11-8-5-2/h7-12,16-21,25-27,29,31,34,36,39,54H,4-6,13-15,22-24,28,30,32-33,35,37-38,40-53H2,1-3H3/b10-7-,11-8-,12-9-,19-16-,20-17-,21-18-,27-25-,29-26-,34-31-,39-36-. The topological polar surface area (TPSA) is 78.9 Å². The maximum absolute atomic E-state index is 12.8. The molecular weight excluding hydrogens is 781 g/mol. The predicted molar refractivity (Wildman–Crippen MR) is 269 cm³/mol. The summed E-state index contributed by atoms with van der Waals surface area (Å²) in [6, 6.07) is 0. The second kappa shape index (κ2) is 50.5. The fourth-order valence-electron chi connectivity index (χ4n) is 6.28. The van der Waals surface area contributed by atoms with Crippen LogP contribution in [0.5, 0.6) is 0 Å². The molecule has 0 heterocycles. The lowest BCUT2D eigenvalue weighted by Gasteiger charge is -2.18. The number of rotatable bonds is 43. The number of esters is 3. The molecule has 0 radical (unpaired) electrons. The third-order valence-electron chi connectivity index (χ3n) is 9.94. The number of carbonyl (C=O) groups is 3. The second-order valence-electron chi connectivity index (χ2n) is 15.9. The molecule has 0 spiro atoms. The van der Waals surface area contributed by atoms with Gasteiger partial charge in [-0.25, -0.2) is 0 Å². The third-order valence-corrected chi connectivity index (χ3v) is 9.94. The van der Waals surface area contributed by atoms with E-state index < -0.39 is 6.10 Å². The molecule has 0 saturated carbocycles. The van der Waals surface area contributed by atoms with Crippen molar-refractivity contribution in [3.8, 4) is 0 Å². The molecule has 354 valence electrons. The van der Waals surface area contributed by atoms with E-state index in [1.54, 1.807) is 0 Å². The molecule has 1 unspecified atom stereocenters. The lowest BCUT2D eigenvalue weighted by atomic mass is 10.1. The highest BCUT2D eigenvalue weighted by molar-refractivity contribution is 5.71. The van der Waals surface area contributed by atoms with Crippen LogP contribution < -0.4 is 0 Å². The highest BCUT2D eigenvalue weighted by Gasteiger charge is 2.19. The molecule has 0 amide bonds. The zero-order chi connectivity index (χ0) is 45.8. The van der Waals surface area contributed by atoms with Crippen LogP contribution in [0.2, 0.25) is 0 Å². The average molecular weight is 871 g/mol. The number of ether oxygens (including phenoxy) is 3. The number of allylic oxidation sites excluding steroid dienone is 20. The summed E-state index contributed by atoms with van der Waals surface area (Å²) in [6.45, 7) is 6.21. The van der Waals surface area contributed by atoms with Crippen LogP contribution in [0.3, 0.4) is 0 Å². The van der Waals surface area contributed by atoms with E-state index in [1.165, 1.54) is 25.7 Å². The number of hydrogen-bond acceptors (Lipinski definition) is 6. The molecule has 1 atom stereocenters. The highest BCUT2D eigenvalue weighted by Crippen LogP contribution is 2.12. The maximum atomic E-state index is 12.8. The Labute approximate surface area is 386 Å². The molecule has 0 bridgehead atoms. The second-order valence-corrected chi connectivity index (χ2v) is 15.9. The molecule has 0 aliphatic rings. The summed E-state index contributed by atoms with van der Waals surface area (Å²) in [5, 5.41) is 0. The fourth-order valence-corrected chi connectivity index (χ4v) is 6.28. The Bertz CT molecular complexity index is 1370. The zero-order valence-corrected chi connectivity index (χ0v) is 40.3. The zero-order valence-electron chi connectivity index (χ0n) is 40.3. The quantitative estimate of drug-likeness (QED) is 0.0263. The first kappa shape index (κ1) is 58.8. The largest absolute Gasteiger partial charge is 0.462 e.